The first kappa shape index (κ1) is 8.53. The van der Waals surface area contributed by atoms with Crippen molar-refractivity contribution in [1.29, 1.82) is 0 Å². The monoisotopic (exact) mass is 215 g/mol. The molecule has 0 atom stereocenters. The summed E-state index contributed by atoms with van der Waals surface area (Å²) >= 11 is 3.35. The number of nitrogens with zero attached hydrogens (tertiary/aromatic N) is 1. The van der Waals surface area contributed by atoms with Crippen LogP contribution < -0.4 is 0 Å². The fourth-order valence-electron chi connectivity index (χ4n) is 0.733. The van der Waals surface area contributed by atoms with Crippen LogP contribution in [0.3, 0.4) is 0 Å². The van der Waals surface area contributed by atoms with E-state index in [1.54, 1.807) is 0 Å². The van der Waals surface area contributed by atoms with Crippen LogP contribution in [0.5, 0.6) is 0 Å². The summed E-state index contributed by atoms with van der Waals surface area (Å²) in [6.07, 6.45) is 1.97. The molecule has 1 aromatic heterocycles. The second kappa shape index (κ2) is 3.72. The minimum atomic E-state index is 0.819. The zero-order valence-electron chi connectivity index (χ0n) is 6.60. The second-order valence-electron chi connectivity index (χ2n) is 2.49. The van der Waals surface area contributed by atoms with Crippen molar-refractivity contribution >= 4 is 22.0 Å². The Morgan fingerprint density at radius 2 is 2.55 bits per heavy atom. The number of rotatable bonds is 2. The molecule has 0 bridgehead atoms. The lowest BCUT2D eigenvalue weighted by Gasteiger charge is -1.88. The van der Waals surface area contributed by atoms with E-state index < -0.39 is 0 Å². The van der Waals surface area contributed by atoms with Crippen molar-refractivity contribution in [1.82, 2.24) is 5.16 Å². The van der Waals surface area contributed by atoms with E-state index >= 15 is 0 Å². The van der Waals surface area contributed by atoms with Gasteiger partial charge in [-0.05, 0) is 19.9 Å². The topological polar surface area (TPSA) is 26.0 Å². The van der Waals surface area contributed by atoms with E-state index in [1.807, 2.05) is 26.0 Å². The Morgan fingerprint density at radius 3 is 3.00 bits per heavy atom. The molecular weight excluding hydrogens is 206 g/mol. The van der Waals surface area contributed by atoms with E-state index in [-0.39, 0.29) is 0 Å². The van der Waals surface area contributed by atoms with Gasteiger partial charge in [-0.15, -0.1) is 0 Å². The van der Waals surface area contributed by atoms with Crippen LogP contribution in [-0.4, -0.2) is 10.5 Å². The van der Waals surface area contributed by atoms with E-state index in [1.165, 1.54) is 5.57 Å². The quantitative estimate of drug-likeness (QED) is 0.710. The van der Waals surface area contributed by atoms with Gasteiger partial charge in [-0.3, -0.25) is 0 Å². The van der Waals surface area contributed by atoms with Gasteiger partial charge in [0.2, 0.25) is 0 Å². The highest BCUT2D eigenvalue weighted by molar-refractivity contribution is 9.09. The first-order chi connectivity index (χ1) is 5.22. The predicted molar refractivity (Wildman–Crippen MR) is 48.7 cm³/mol. The molecule has 0 unspecified atom stereocenters. The van der Waals surface area contributed by atoms with E-state index in [0.717, 1.165) is 16.8 Å². The number of allylic oxidation sites excluding steroid dienone is 1. The molecule has 0 saturated heterocycles. The third kappa shape index (κ3) is 2.50. The first-order valence-corrected chi connectivity index (χ1v) is 4.51. The third-order valence-corrected chi connectivity index (χ3v) is 2.13. The summed E-state index contributed by atoms with van der Waals surface area (Å²) in [5.74, 6) is 0.819. The van der Waals surface area contributed by atoms with Crippen LogP contribution in [0.15, 0.2) is 16.2 Å². The summed E-state index contributed by atoms with van der Waals surface area (Å²) in [6.45, 7) is 3.94. The van der Waals surface area contributed by atoms with Gasteiger partial charge in [-0.25, -0.2) is 0 Å². The fourth-order valence-corrected chi connectivity index (χ4v) is 0.895. The lowest BCUT2D eigenvalue weighted by molar-refractivity contribution is 0.408. The molecule has 1 rings (SSSR count). The smallest absolute Gasteiger partial charge is 0.159 e. The summed E-state index contributed by atoms with van der Waals surface area (Å²) in [5, 5.41) is 4.64. The van der Waals surface area contributed by atoms with Gasteiger partial charge in [-0.2, -0.15) is 0 Å². The van der Waals surface area contributed by atoms with Crippen LogP contribution in [0.4, 0.5) is 0 Å². The molecule has 0 aliphatic rings. The molecule has 60 valence electrons. The standard InChI is InChI=1S/C8H10BrNO/c1-6(5-9)3-8-4-7(2)10-11-8/h3-4H,5H2,1-2H3/b6-3+. The number of hydrogen-bond donors (Lipinski definition) is 0. The van der Waals surface area contributed by atoms with Crippen LogP contribution in [0.2, 0.25) is 0 Å². The maximum atomic E-state index is 4.99. The summed E-state index contributed by atoms with van der Waals surface area (Å²) in [7, 11) is 0. The highest BCUT2D eigenvalue weighted by Crippen LogP contribution is 2.09. The fraction of sp³-hybridized carbons (Fsp3) is 0.375. The summed E-state index contributed by atoms with van der Waals surface area (Å²) < 4.78 is 4.99. The zero-order chi connectivity index (χ0) is 8.27. The molecule has 2 nitrogen and oxygen atoms in total. The average molecular weight is 216 g/mol. The Kier molecular flexibility index (Phi) is 2.88. The Hall–Kier alpha value is -0.570. The molecule has 0 aromatic carbocycles. The highest BCUT2D eigenvalue weighted by atomic mass is 79.9. The highest BCUT2D eigenvalue weighted by Gasteiger charge is 1.95. The summed E-state index contributed by atoms with van der Waals surface area (Å²) in [4.78, 5) is 0. The maximum Gasteiger partial charge on any atom is 0.159 e. The van der Waals surface area contributed by atoms with Gasteiger partial charge in [0.05, 0.1) is 5.69 Å². The largest absolute Gasteiger partial charge is 0.357 e. The second-order valence-corrected chi connectivity index (χ2v) is 3.06. The van der Waals surface area contributed by atoms with Crippen LogP contribution in [0, 0.1) is 6.92 Å². The van der Waals surface area contributed by atoms with Crippen LogP contribution in [-0.2, 0) is 0 Å². The minimum Gasteiger partial charge on any atom is -0.357 e. The van der Waals surface area contributed by atoms with Crippen LogP contribution in [0.25, 0.3) is 6.08 Å². The molecule has 0 amide bonds. The minimum absolute atomic E-state index is 0.819. The molecule has 11 heavy (non-hydrogen) atoms. The van der Waals surface area contributed by atoms with Gasteiger partial charge >= 0.3 is 0 Å². The number of hydrogen-bond acceptors (Lipinski definition) is 2. The Balaban J connectivity index is 2.78. The normalized spacial score (nSPS) is 12.1. The van der Waals surface area contributed by atoms with Crippen molar-refractivity contribution in [2.45, 2.75) is 13.8 Å². The van der Waals surface area contributed by atoms with E-state index in [0.29, 0.717) is 0 Å². The Labute approximate surface area is 74.4 Å². The number of aryl methyl sites for hydroxylation is 1. The molecule has 1 aromatic rings. The molecule has 0 saturated carbocycles. The molecule has 0 fully saturated rings. The van der Waals surface area contributed by atoms with Gasteiger partial charge in [0.15, 0.2) is 5.76 Å². The van der Waals surface area contributed by atoms with Gasteiger partial charge in [0.1, 0.15) is 0 Å². The predicted octanol–water partition coefficient (Wildman–Crippen LogP) is 2.78. The summed E-state index contributed by atoms with van der Waals surface area (Å²) in [6, 6.07) is 1.91. The van der Waals surface area contributed by atoms with Crippen molar-refractivity contribution in [3.05, 3.63) is 23.1 Å². The average Bonchev–Trinajstić information content (AvgIpc) is 2.35. The van der Waals surface area contributed by atoms with Crippen molar-refractivity contribution < 1.29 is 4.52 Å². The first-order valence-electron chi connectivity index (χ1n) is 3.39. The molecule has 0 radical (unpaired) electrons. The molecule has 1 heterocycles. The van der Waals surface area contributed by atoms with E-state index in [4.69, 9.17) is 4.52 Å². The van der Waals surface area contributed by atoms with E-state index in [2.05, 4.69) is 21.1 Å². The number of alkyl halides is 1. The maximum absolute atomic E-state index is 4.99. The van der Waals surface area contributed by atoms with Gasteiger partial charge < -0.3 is 4.52 Å². The number of aromatic nitrogens is 1. The Morgan fingerprint density at radius 1 is 1.82 bits per heavy atom. The lowest BCUT2D eigenvalue weighted by atomic mass is 10.3. The molecule has 3 heteroatoms. The van der Waals surface area contributed by atoms with Crippen molar-refractivity contribution in [3.63, 3.8) is 0 Å². The van der Waals surface area contributed by atoms with Crippen molar-refractivity contribution in [2.24, 2.45) is 0 Å². The lowest BCUT2D eigenvalue weighted by Crippen LogP contribution is -1.73. The molecule has 0 aliphatic carbocycles. The van der Waals surface area contributed by atoms with Crippen molar-refractivity contribution in [2.75, 3.05) is 5.33 Å². The molecule has 0 aliphatic heterocycles. The SMILES string of the molecule is C/C(=C\c1cc(C)no1)CBr. The van der Waals surface area contributed by atoms with Gasteiger partial charge in [0.25, 0.3) is 0 Å². The van der Waals surface area contributed by atoms with Crippen LogP contribution >= 0.6 is 15.9 Å². The molecular formula is C8H10BrNO. The Bertz CT molecular complexity index is 265. The van der Waals surface area contributed by atoms with Crippen molar-refractivity contribution in [3.8, 4) is 0 Å². The van der Waals surface area contributed by atoms with Crippen LogP contribution in [0.1, 0.15) is 18.4 Å². The van der Waals surface area contributed by atoms with Gasteiger partial charge in [0, 0.05) is 11.4 Å². The molecule has 0 N–H and O–H groups in total. The third-order valence-electron chi connectivity index (χ3n) is 1.25. The molecule has 0 spiro atoms. The van der Waals surface area contributed by atoms with E-state index in [9.17, 15) is 0 Å². The summed E-state index contributed by atoms with van der Waals surface area (Å²) in [5.41, 5.74) is 2.14. The zero-order valence-corrected chi connectivity index (χ0v) is 8.18. The number of halogens is 1. The van der Waals surface area contributed by atoms with Gasteiger partial charge in [-0.1, -0.05) is 26.7 Å².